The van der Waals surface area contributed by atoms with Gasteiger partial charge < -0.3 is 19.7 Å². The molecule has 1 fully saturated rings. The molecule has 1 unspecified atom stereocenters. The van der Waals surface area contributed by atoms with Gasteiger partial charge in [-0.05, 0) is 31.5 Å². The van der Waals surface area contributed by atoms with Crippen LogP contribution in [0, 0.1) is 0 Å². The first-order chi connectivity index (χ1) is 10.6. The lowest BCUT2D eigenvalue weighted by molar-refractivity contribution is 0.0743. The number of rotatable bonds is 6. The highest BCUT2D eigenvalue weighted by molar-refractivity contribution is 5.95. The normalized spacial score (nSPS) is 16.4. The summed E-state index contributed by atoms with van der Waals surface area (Å²) in [6.07, 6.45) is 3.39. The fourth-order valence-corrected chi connectivity index (χ4v) is 2.81. The number of methoxy groups -OCH3 is 2. The molecule has 0 aromatic heterocycles. The van der Waals surface area contributed by atoms with Gasteiger partial charge in [-0.3, -0.25) is 4.79 Å². The van der Waals surface area contributed by atoms with Crippen LogP contribution < -0.4 is 14.8 Å². The molecule has 1 amide bonds. The van der Waals surface area contributed by atoms with Gasteiger partial charge in [-0.15, -0.1) is 19.0 Å². The molecule has 5 nitrogen and oxygen atoms in total. The van der Waals surface area contributed by atoms with Crippen LogP contribution in [0.25, 0.3) is 0 Å². The molecule has 1 heterocycles. The summed E-state index contributed by atoms with van der Waals surface area (Å²) in [5, 5.41) is 3.28. The maximum atomic E-state index is 12.7. The van der Waals surface area contributed by atoms with Gasteiger partial charge in [0, 0.05) is 30.8 Å². The molecule has 23 heavy (non-hydrogen) atoms. The van der Waals surface area contributed by atoms with Crippen molar-refractivity contribution >= 4 is 18.3 Å². The van der Waals surface area contributed by atoms with Gasteiger partial charge in [0.1, 0.15) is 0 Å². The second kappa shape index (κ2) is 8.79. The molecule has 0 bridgehead atoms. The molecule has 1 saturated heterocycles. The first-order valence-corrected chi connectivity index (χ1v) is 7.46. The van der Waals surface area contributed by atoms with Gasteiger partial charge in [0.2, 0.25) is 0 Å². The lowest BCUT2D eigenvalue weighted by atomic mass is 10.0. The number of ether oxygens (including phenoxy) is 2. The Balaban J connectivity index is 0.00000264. The number of nitrogens with zero attached hydrogens (tertiary/aromatic N) is 1. The third kappa shape index (κ3) is 4.18. The maximum absolute atomic E-state index is 12.7. The molecule has 1 aliphatic heterocycles. The van der Waals surface area contributed by atoms with Crippen LogP contribution in [0.2, 0.25) is 0 Å². The van der Waals surface area contributed by atoms with Crippen molar-refractivity contribution in [2.24, 2.45) is 0 Å². The average Bonchev–Trinajstić information content (AvgIpc) is 3.07. The van der Waals surface area contributed by atoms with Crippen LogP contribution in [-0.2, 0) is 6.42 Å². The summed E-state index contributed by atoms with van der Waals surface area (Å²) in [5.41, 5.74) is 1.52. The number of likely N-dealkylation sites (N-methyl/N-ethyl adjacent to an activating group) is 1. The molecule has 1 aromatic rings. The number of amides is 1. The van der Waals surface area contributed by atoms with E-state index in [1.807, 2.05) is 13.1 Å². The van der Waals surface area contributed by atoms with Gasteiger partial charge in [-0.1, -0.05) is 6.08 Å². The van der Waals surface area contributed by atoms with Gasteiger partial charge in [0.25, 0.3) is 5.91 Å². The zero-order valence-corrected chi connectivity index (χ0v) is 14.7. The number of nitrogens with one attached hydrogen (secondary N) is 1. The molecular formula is C17H25ClN2O3. The second-order valence-corrected chi connectivity index (χ2v) is 5.43. The molecule has 0 saturated carbocycles. The van der Waals surface area contributed by atoms with Crippen LogP contribution in [0.1, 0.15) is 22.3 Å². The largest absolute Gasteiger partial charge is 0.493 e. The van der Waals surface area contributed by atoms with E-state index in [9.17, 15) is 4.79 Å². The third-order valence-electron chi connectivity index (χ3n) is 4.07. The topological polar surface area (TPSA) is 50.8 Å². The molecule has 2 rings (SSSR count). The summed E-state index contributed by atoms with van der Waals surface area (Å²) < 4.78 is 10.8. The van der Waals surface area contributed by atoms with Crippen molar-refractivity contribution in [1.82, 2.24) is 10.2 Å². The Bertz CT molecular complexity index is 557. The number of benzene rings is 1. The van der Waals surface area contributed by atoms with Crippen LogP contribution in [-0.4, -0.2) is 51.2 Å². The molecular weight excluding hydrogens is 316 g/mol. The van der Waals surface area contributed by atoms with Gasteiger partial charge in [-0.25, -0.2) is 0 Å². The van der Waals surface area contributed by atoms with Crippen LogP contribution in [0.4, 0.5) is 0 Å². The maximum Gasteiger partial charge on any atom is 0.254 e. The summed E-state index contributed by atoms with van der Waals surface area (Å²) >= 11 is 0. The van der Waals surface area contributed by atoms with Crippen molar-refractivity contribution in [2.75, 3.05) is 34.4 Å². The highest BCUT2D eigenvalue weighted by Crippen LogP contribution is 2.33. The Hall–Kier alpha value is -1.72. The monoisotopic (exact) mass is 340 g/mol. The van der Waals surface area contributed by atoms with E-state index >= 15 is 0 Å². The zero-order valence-electron chi connectivity index (χ0n) is 13.9. The minimum atomic E-state index is -0.0000321. The molecule has 1 atom stereocenters. The minimum Gasteiger partial charge on any atom is -0.493 e. The van der Waals surface area contributed by atoms with Crippen molar-refractivity contribution in [3.05, 3.63) is 35.9 Å². The van der Waals surface area contributed by atoms with Crippen molar-refractivity contribution in [1.29, 1.82) is 0 Å². The van der Waals surface area contributed by atoms with Crippen molar-refractivity contribution in [2.45, 2.75) is 18.9 Å². The van der Waals surface area contributed by atoms with Gasteiger partial charge >= 0.3 is 0 Å². The molecule has 1 aliphatic rings. The Kier molecular flexibility index (Phi) is 7.39. The van der Waals surface area contributed by atoms with Crippen molar-refractivity contribution < 1.29 is 14.3 Å². The first kappa shape index (κ1) is 19.3. The summed E-state index contributed by atoms with van der Waals surface area (Å²) in [5.74, 6) is 1.23. The summed E-state index contributed by atoms with van der Waals surface area (Å²) in [4.78, 5) is 14.5. The van der Waals surface area contributed by atoms with E-state index in [0.717, 1.165) is 25.1 Å². The number of carbonyl (C=O) groups is 1. The standard InChI is InChI=1S/C17H24N2O3.ClH/c1-5-6-12-9-13(10-15(21-3)16(12)22-4)17(20)19(2)14-7-8-18-11-14;/h5,9-10,14,18H,1,6-8,11H2,2-4H3;1H. The molecule has 1 N–H and O–H groups in total. The highest BCUT2D eigenvalue weighted by atomic mass is 35.5. The van der Waals surface area contributed by atoms with Crippen LogP contribution >= 0.6 is 12.4 Å². The molecule has 6 heteroatoms. The quantitative estimate of drug-likeness (QED) is 0.807. The predicted octanol–water partition coefficient (Wildman–Crippen LogP) is 2.29. The van der Waals surface area contributed by atoms with Crippen LogP contribution in [0.5, 0.6) is 11.5 Å². The van der Waals surface area contributed by atoms with Crippen LogP contribution in [0.15, 0.2) is 24.8 Å². The Morgan fingerprint density at radius 2 is 2.17 bits per heavy atom. The average molecular weight is 341 g/mol. The number of hydrogen-bond acceptors (Lipinski definition) is 4. The van der Waals surface area contributed by atoms with E-state index in [1.54, 1.807) is 31.3 Å². The Labute approximate surface area is 144 Å². The van der Waals surface area contributed by atoms with Crippen molar-refractivity contribution in [3.8, 4) is 11.5 Å². The summed E-state index contributed by atoms with van der Waals surface area (Å²) in [6, 6.07) is 3.85. The fourth-order valence-electron chi connectivity index (χ4n) is 2.81. The second-order valence-electron chi connectivity index (χ2n) is 5.43. The molecule has 128 valence electrons. The fraction of sp³-hybridized carbons (Fsp3) is 0.471. The molecule has 1 aromatic carbocycles. The van der Waals surface area contributed by atoms with Crippen LogP contribution in [0.3, 0.4) is 0 Å². The first-order valence-electron chi connectivity index (χ1n) is 7.46. The lowest BCUT2D eigenvalue weighted by Crippen LogP contribution is -2.38. The van der Waals surface area contributed by atoms with Gasteiger partial charge in [-0.2, -0.15) is 0 Å². The number of halogens is 1. The minimum absolute atomic E-state index is 0. The number of allylic oxidation sites excluding steroid dienone is 1. The SMILES string of the molecule is C=CCc1cc(C(=O)N(C)C2CCNC2)cc(OC)c1OC.Cl. The van der Waals surface area contributed by atoms with Crippen molar-refractivity contribution in [3.63, 3.8) is 0 Å². The third-order valence-corrected chi connectivity index (χ3v) is 4.07. The number of hydrogen-bond donors (Lipinski definition) is 1. The van der Waals surface area contributed by atoms with Gasteiger partial charge in [0.05, 0.1) is 14.2 Å². The Morgan fingerprint density at radius 3 is 2.70 bits per heavy atom. The molecule has 0 spiro atoms. The van der Waals surface area contributed by atoms with E-state index in [4.69, 9.17) is 9.47 Å². The zero-order chi connectivity index (χ0) is 16.1. The summed E-state index contributed by atoms with van der Waals surface area (Å²) in [6.45, 7) is 5.56. The number of carbonyl (C=O) groups excluding carboxylic acids is 1. The smallest absolute Gasteiger partial charge is 0.254 e. The van der Waals surface area contributed by atoms with E-state index in [2.05, 4.69) is 11.9 Å². The molecule has 0 aliphatic carbocycles. The molecule has 0 radical (unpaired) electrons. The van der Waals surface area contributed by atoms with E-state index in [-0.39, 0.29) is 24.4 Å². The van der Waals surface area contributed by atoms with Gasteiger partial charge in [0.15, 0.2) is 11.5 Å². The van der Waals surface area contributed by atoms with E-state index < -0.39 is 0 Å². The predicted molar refractivity (Wildman–Crippen MR) is 94.1 cm³/mol. The lowest BCUT2D eigenvalue weighted by Gasteiger charge is -2.24. The highest BCUT2D eigenvalue weighted by Gasteiger charge is 2.25. The summed E-state index contributed by atoms with van der Waals surface area (Å²) in [7, 11) is 5.03. The van der Waals surface area contributed by atoms with E-state index in [1.165, 1.54) is 0 Å². The van der Waals surface area contributed by atoms with E-state index in [0.29, 0.717) is 23.5 Å². The Morgan fingerprint density at radius 1 is 1.43 bits per heavy atom.